The molecule has 0 bridgehead atoms. The van der Waals surface area contributed by atoms with Gasteiger partial charge >= 0.3 is 0 Å². The quantitative estimate of drug-likeness (QED) is 0.506. The molecule has 0 aliphatic heterocycles. The van der Waals surface area contributed by atoms with Crippen LogP contribution in [0.15, 0.2) is 20.2 Å². The van der Waals surface area contributed by atoms with Gasteiger partial charge < -0.3 is 15.0 Å². The van der Waals surface area contributed by atoms with E-state index < -0.39 is 5.12 Å². The highest BCUT2D eigenvalue weighted by atomic mass is 32.2. The number of thiazole rings is 1. The van der Waals surface area contributed by atoms with Gasteiger partial charge in [0, 0.05) is 24.1 Å². The molecule has 2 rings (SSSR count). The zero-order valence-electron chi connectivity index (χ0n) is 9.98. The number of nitrogen functional groups attached to an aromatic ring is 1. The fraction of sp³-hybridized carbons (Fsp3) is 0.222. The number of hydrogen-bond donors (Lipinski definition) is 1. The zero-order chi connectivity index (χ0) is 13.8. The second-order valence-electron chi connectivity index (χ2n) is 3.17. The van der Waals surface area contributed by atoms with Crippen LogP contribution < -0.4 is 5.73 Å². The minimum Gasteiger partial charge on any atom is -0.416 e. The van der Waals surface area contributed by atoms with E-state index >= 15 is 0 Å². The van der Waals surface area contributed by atoms with Gasteiger partial charge in [-0.2, -0.15) is 0 Å². The van der Waals surface area contributed by atoms with Gasteiger partial charge in [-0.05, 0) is 0 Å². The van der Waals surface area contributed by atoms with Crippen LogP contribution in [0, 0.1) is 6.92 Å². The molecule has 0 saturated carbocycles. The predicted molar refractivity (Wildman–Crippen MR) is 70.0 cm³/mol. The maximum absolute atomic E-state index is 12.1. The number of nitrogens with zero attached hydrogens (tertiary/aromatic N) is 4. The van der Waals surface area contributed by atoms with Crippen molar-refractivity contribution in [2.75, 3.05) is 12.8 Å². The Hall–Kier alpha value is -1.94. The van der Waals surface area contributed by atoms with Crippen molar-refractivity contribution in [3.63, 3.8) is 0 Å². The molecule has 2 aromatic heterocycles. The first kappa shape index (κ1) is 13.5. The molecule has 0 radical (unpaired) electrons. The van der Waals surface area contributed by atoms with Gasteiger partial charge in [-0.3, -0.25) is 4.79 Å². The molecule has 10 heteroatoms. The highest BCUT2D eigenvalue weighted by Gasteiger charge is 2.22. The van der Waals surface area contributed by atoms with Crippen LogP contribution in [0.3, 0.4) is 0 Å². The third kappa shape index (κ3) is 3.29. The number of carbonyl (C=O) groups excluding carboxylic acids is 1. The van der Waals surface area contributed by atoms with Gasteiger partial charge in [0.15, 0.2) is 10.8 Å². The van der Waals surface area contributed by atoms with Crippen LogP contribution >= 0.6 is 23.1 Å². The number of nitrogens with two attached hydrogens (primary N) is 1. The van der Waals surface area contributed by atoms with Crippen LogP contribution in [-0.2, 0) is 9.63 Å². The SMILES string of the molecule is CO/N=C(\C(=O)Sc1nnc(C)o1)c1csc(N)n1. The van der Waals surface area contributed by atoms with Crippen LogP contribution in [0.1, 0.15) is 11.6 Å². The van der Waals surface area contributed by atoms with Crippen molar-refractivity contribution in [3.8, 4) is 0 Å². The van der Waals surface area contributed by atoms with E-state index in [2.05, 4.69) is 25.2 Å². The van der Waals surface area contributed by atoms with E-state index in [9.17, 15) is 4.79 Å². The molecule has 0 aliphatic carbocycles. The molecule has 0 aliphatic rings. The van der Waals surface area contributed by atoms with E-state index in [1.165, 1.54) is 18.4 Å². The predicted octanol–water partition coefficient (Wildman–Crippen LogP) is 1.09. The first-order valence-electron chi connectivity index (χ1n) is 4.95. The number of carbonyl (C=O) groups is 1. The Morgan fingerprint density at radius 1 is 1.58 bits per heavy atom. The van der Waals surface area contributed by atoms with Gasteiger partial charge in [0.25, 0.3) is 10.3 Å². The van der Waals surface area contributed by atoms with E-state index in [1.807, 2.05) is 0 Å². The maximum Gasteiger partial charge on any atom is 0.284 e. The van der Waals surface area contributed by atoms with Crippen LogP contribution in [-0.4, -0.2) is 33.1 Å². The van der Waals surface area contributed by atoms with Crippen molar-refractivity contribution in [1.82, 2.24) is 15.2 Å². The number of thioether (sulfide) groups is 1. The summed E-state index contributed by atoms with van der Waals surface area (Å²) in [6.07, 6.45) is 0. The van der Waals surface area contributed by atoms with Crippen molar-refractivity contribution >= 4 is 39.1 Å². The molecule has 0 amide bonds. The summed E-state index contributed by atoms with van der Waals surface area (Å²) in [4.78, 5) is 20.7. The summed E-state index contributed by atoms with van der Waals surface area (Å²) >= 11 is 1.95. The van der Waals surface area contributed by atoms with Gasteiger partial charge in [-0.1, -0.05) is 5.16 Å². The summed E-state index contributed by atoms with van der Waals surface area (Å²) in [7, 11) is 1.34. The molecule has 2 N–H and O–H groups in total. The number of anilines is 1. The van der Waals surface area contributed by atoms with Gasteiger partial charge in [0.1, 0.15) is 12.8 Å². The Balaban J connectivity index is 2.20. The van der Waals surface area contributed by atoms with E-state index in [0.29, 0.717) is 16.7 Å². The standard InChI is InChI=1S/C9H9N5O3S2/c1-4-12-13-9(17-4)19-7(15)6(14-16-2)5-3-18-8(10)11-5/h3H,1-2H3,(H2,10,11)/b14-6-. The van der Waals surface area contributed by atoms with Crippen molar-refractivity contribution in [3.05, 3.63) is 17.0 Å². The molecule has 19 heavy (non-hydrogen) atoms. The van der Waals surface area contributed by atoms with Crippen LogP contribution in [0.5, 0.6) is 0 Å². The number of rotatable bonds is 4. The Bertz CT molecular complexity index is 621. The molecule has 100 valence electrons. The minimum atomic E-state index is -0.421. The Labute approximate surface area is 116 Å². The fourth-order valence-electron chi connectivity index (χ4n) is 1.12. The summed E-state index contributed by atoms with van der Waals surface area (Å²) in [5.74, 6) is 0.374. The molecule has 0 spiro atoms. The first-order valence-corrected chi connectivity index (χ1v) is 6.64. The van der Waals surface area contributed by atoms with Crippen LogP contribution in [0.4, 0.5) is 5.13 Å². The van der Waals surface area contributed by atoms with Gasteiger partial charge in [-0.25, -0.2) is 4.98 Å². The van der Waals surface area contributed by atoms with Crippen LogP contribution in [0.2, 0.25) is 0 Å². The zero-order valence-corrected chi connectivity index (χ0v) is 11.6. The second-order valence-corrected chi connectivity index (χ2v) is 4.98. The summed E-state index contributed by atoms with van der Waals surface area (Å²) in [6, 6.07) is 0. The third-order valence-corrected chi connectivity index (χ3v) is 3.22. The van der Waals surface area contributed by atoms with Gasteiger partial charge in [0.05, 0.1) is 0 Å². The van der Waals surface area contributed by atoms with Gasteiger partial charge in [0.2, 0.25) is 5.89 Å². The smallest absolute Gasteiger partial charge is 0.284 e. The van der Waals surface area contributed by atoms with Gasteiger partial charge in [-0.15, -0.1) is 21.5 Å². The van der Waals surface area contributed by atoms with Crippen molar-refractivity contribution in [2.45, 2.75) is 12.1 Å². The van der Waals surface area contributed by atoms with Crippen molar-refractivity contribution < 1.29 is 14.0 Å². The monoisotopic (exact) mass is 299 g/mol. The molecule has 0 unspecified atom stereocenters. The van der Waals surface area contributed by atoms with E-state index in [-0.39, 0.29) is 10.9 Å². The normalized spacial score (nSPS) is 11.6. The molecule has 8 nitrogen and oxygen atoms in total. The average molecular weight is 299 g/mol. The summed E-state index contributed by atoms with van der Waals surface area (Å²) in [5, 5.41) is 12.7. The third-order valence-electron chi connectivity index (χ3n) is 1.83. The maximum atomic E-state index is 12.1. The van der Waals surface area contributed by atoms with E-state index in [4.69, 9.17) is 10.2 Å². The number of oxime groups is 1. The molecule has 0 atom stereocenters. The Morgan fingerprint density at radius 2 is 2.37 bits per heavy atom. The number of aromatic nitrogens is 3. The second kappa shape index (κ2) is 5.80. The summed E-state index contributed by atoms with van der Waals surface area (Å²) in [6.45, 7) is 1.63. The molecule has 0 saturated heterocycles. The topological polar surface area (TPSA) is 116 Å². The van der Waals surface area contributed by atoms with E-state index in [0.717, 1.165) is 11.8 Å². The lowest BCUT2D eigenvalue weighted by Gasteiger charge is -1.98. The fourth-order valence-corrected chi connectivity index (χ4v) is 2.31. The lowest BCUT2D eigenvalue weighted by atomic mass is 10.3. The molecule has 0 fully saturated rings. The minimum absolute atomic E-state index is 0.0382. The van der Waals surface area contributed by atoms with Crippen LogP contribution in [0.25, 0.3) is 0 Å². The number of hydrogen-bond acceptors (Lipinski definition) is 10. The highest BCUT2D eigenvalue weighted by Crippen LogP contribution is 2.21. The molecular weight excluding hydrogens is 290 g/mol. The summed E-state index contributed by atoms with van der Waals surface area (Å²) < 4.78 is 5.11. The Kier molecular flexibility index (Phi) is 4.12. The number of aryl methyl sites for hydroxylation is 1. The highest BCUT2D eigenvalue weighted by molar-refractivity contribution is 8.15. The first-order chi connectivity index (χ1) is 9.10. The summed E-state index contributed by atoms with van der Waals surface area (Å²) in [5.41, 5.74) is 5.90. The molecule has 0 aromatic carbocycles. The largest absolute Gasteiger partial charge is 0.416 e. The molecule has 2 aromatic rings. The Morgan fingerprint density at radius 3 is 2.89 bits per heavy atom. The van der Waals surface area contributed by atoms with Crippen molar-refractivity contribution in [2.24, 2.45) is 5.16 Å². The molecular formula is C9H9N5O3S2. The van der Waals surface area contributed by atoms with E-state index in [1.54, 1.807) is 12.3 Å². The lowest BCUT2D eigenvalue weighted by molar-refractivity contribution is -0.105. The average Bonchev–Trinajstić information content (AvgIpc) is 2.95. The lowest BCUT2D eigenvalue weighted by Crippen LogP contribution is -2.13. The van der Waals surface area contributed by atoms with Crippen molar-refractivity contribution in [1.29, 1.82) is 0 Å². The molecule has 2 heterocycles.